The number of fused-ring (bicyclic) bond motifs is 1. The molecule has 0 saturated carbocycles. The maximum Gasteiger partial charge on any atom is 0.310 e. The van der Waals surface area contributed by atoms with E-state index in [-0.39, 0.29) is 40.4 Å². The smallest absolute Gasteiger partial charge is 0.310 e. The molecule has 0 fully saturated rings. The van der Waals surface area contributed by atoms with Gasteiger partial charge in [-0.15, -0.1) is 0 Å². The minimum absolute atomic E-state index is 0.0771. The molecule has 3 aromatic rings. The number of aromatic hydroxyl groups is 8. The van der Waals surface area contributed by atoms with Crippen LogP contribution in [0.25, 0.3) is 0 Å². The lowest BCUT2D eigenvalue weighted by molar-refractivity contribution is -0.154. The molecule has 1 heterocycles. The summed E-state index contributed by atoms with van der Waals surface area (Å²) in [5.74, 6) is -5.38. The molecule has 8 N–H and O–H groups in total. The fourth-order valence-electron chi connectivity index (χ4n) is 3.76. The van der Waals surface area contributed by atoms with Crippen LogP contribution in [0.3, 0.4) is 0 Å². The van der Waals surface area contributed by atoms with Gasteiger partial charge in [0, 0.05) is 29.7 Å². The molecule has 2 atom stereocenters. The van der Waals surface area contributed by atoms with Crippen molar-refractivity contribution in [2.45, 2.75) is 25.0 Å². The molecule has 11 heteroatoms. The van der Waals surface area contributed by atoms with E-state index in [1.807, 2.05) is 0 Å². The van der Waals surface area contributed by atoms with Crippen LogP contribution in [-0.2, 0) is 22.4 Å². The number of esters is 1. The highest BCUT2D eigenvalue weighted by Gasteiger charge is 2.37. The number of hydrogen-bond acceptors (Lipinski definition) is 11. The molecule has 178 valence electrons. The molecule has 3 aromatic carbocycles. The van der Waals surface area contributed by atoms with Gasteiger partial charge in [-0.1, -0.05) is 0 Å². The quantitative estimate of drug-likeness (QED) is 0.204. The second-order valence-corrected chi connectivity index (χ2v) is 7.78. The zero-order valence-corrected chi connectivity index (χ0v) is 17.3. The minimum atomic E-state index is -1.13. The van der Waals surface area contributed by atoms with Gasteiger partial charge >= 0.3 is 5.97 Å². The molecular formula is C23H20O11. The van der Waals surface area contributed by atoms with E-state index in [2.05, 4.69) is 0 Å². The first-order valence-corrected chi connectivity index (χ1v) is 9.93. The molecule has 1 aliphatic heterocycles. The van der Waals surface area contributed by atoms with Gasteiger partial charge in [0.25, 0.3) is 0 Å². The van der Waals surface area contributed by atoms with Crippen molar-refractivity contribution in [1.82, 2.24) is 0 Å². The Hall–Kier alpha value is -4.67. The minimum Gasteiger partial charge on any atom is -0.508 e. The van der Waals surface area contributed by atoms with E-state index in [9.17, 15) is 45.6 Å². The van der Waals surface area contributed by atoms with Crippen LogP contribution in [0.1, 0.15) is 22.8 Å². The summed E-state index contributed by atoms with van der Waals surface area (Å²) >= 11 is 0. The van der Waals surface area contributed by atoms with Crippen LogP contribution in [0.15, 0.2) is 36.4 Å². The Bertz CT molecular complexity index is 1240. The number of phenolic OH excluding ortho intramolecular Hbond substituents is 8. The summed E-state index contributed by atoms with van der Waals surface area (Å²) in [6.07, 6.45) is -2.72. The summed E-state index contributed by atoms with van der Waals surface area (Å²) in [7, 11) is 0. The van der Waals surface area contributed by atoms with Gasteiger partial charge in [-0.3, -0.25) is 4.79 Å². The van der Waals surface area contributed by atoms with Crippen LogP contribution in [0.2, 0.25) is 0 Å². The van der Waals surface area contributed by atoms with E-state index in [4.69, 9.17) is 9.47 Å². The van der Waals surface area contributed by atoms with Crippen molar-refractivity contribution in [3.63, 3.8) is 0 Å². The van der Waals surface area contributed by atoms with Crippen molar-refractivity contribution < 1.29 is 55.1 Å². The second kappa shape index (κ2) is 8.35. The van der Waals surface area contributed by atoms with Crippen LogP contribution in [0, 0.1) is 0 Å². The fourth-order valence-corrected chi connectivity index (χ4v) is 3.76. The molecule has 0 aliphatic carbocycles. The van der Waals surface area contributed by atoms with Crippen molar-refractivity contribution in [3.8, 4) is 51.7 Å². The Balaban J connectivity index is 1.66. The zero-order chi connectivity index (χ0) is 24.7. The summed E-state index contributed by atoms with van der Waals surface area (Å²) in [5, 5.41) is 78.2. The first kappa shape index (κ1) is 22.5. The standard InChI is InChI=1S/C23H20O11/c24-11-6-13(25)12-8-19(33-20(30)3-9-1-14(26)21(31)15(27)2-9)23(34-18(12)7-11)10-4-16(28)22(32)17(29)5-10/h1-2,4-7,19,23-29,31-32H,3,8H2. The SMILES string of the molecule is O=C(Cc1cc(O)c(O)c(O)c1)OC1Cc2c(O)cc(O)cc2OC1c1cc(O)c(O)c(O)c1. The van der Waals surface area contributed by atoms with Crippen molar-refractivity contribution in [2.75, 3.05) is 0 Å². The van der Waals surface area contributed by atoms with E-state index in [0.29, 0.717) is 0 Å². The van der Waals surface area contributed by atoms with E-state index in [1.54, 1.807) is 0 Å². The predicted molar refractivity (Wildman–Crippen MR) is 113 cm³/mol. The van der Waals surface area contributed by atoms with Gasteiger partial charge in [0.2, 0.25) is 0 Å². The topological polar surface area (TPSA) is 197 Å². The number of carbonyl (C=O) groups is 1. The monoisotopic (exact) mass is 472 g/mol. The summed E-state index contributed by atoms with van der Waals surface area (Å²) in [6.45, 7) is 0. The highest BCUT2D eigenvalue weighted by Crippen LogP contribution is 2.45. The number of rotatable bonds is 4. The van der Waals surface area contributed by atoms with Crippen molar-refractivity contribution >= 4 is 5.97 Å². The average Bonchev–Trinajstić information content (AvgIpc) is 2.75. The molecule has 0 aromatic heterocycles. The van der Waals surface area contributed by atoms with Crippen LogP contribution in [0.5, 0.6) is 51.7 Å². The molecule has 0 amide bonds. The molecule has 0 spiro atoms. The predicted octanol–water partition coefficient (Wildman–Crippen LogP) is 2.16. The van der Waals surface area contributed by atoms with E-state index in [1.165, 1.54) is 6.07 Å². The Kier molecular flexibility index (Phi) is 5.53. The van der Waals surface area contributed by atoms with Crippen molar-refractivity contribution in [2.24, 2.45) is 0 Å². The fraction of sp³-hybridized carbons (Fsp3) is 0.174. The maximum absolute atomic E-state index is 12.7. The lowest BCUT2D eigenvalue weighted by atomic mass is 9.93. The number of carbonyl (C=O) groups excluding carboxylic acids is 1. The van der Waals surface area contributed by atoms with Gasteiger partial charge in [0.1, 0.15) is 23.4 Å². The lowest BCUT2D eigenvalue weighted by Crippen LogP contribution is -2.35. The van der Waals surface area contributed by atoms with Gasteiger partial charge in [0.05, 0.1) is 6.42 Å². The Labute approximate surface area is 191 Å². The molecule has 2 unspecified atom stereocenters. The van der Waals surface area contributed by atoms with Crippen molar-refractivity contribution in [1.29, 1.82) is 0 Å². The van der Waals surface area contributed by atoms with Crippen LogP contribution < -0.4 is 4.74 Å². The van der Waals surface area contributed by atoms with Crippen LogP contribution in [-0.4, -0.2) is 52.9 Å². The van der Waals surface area contributed by atoms with E-state index < -0.39 is 59.1 Å². The van der Waals surface area contributed by atoms with Gasteiger partial charge in [-0.25, -0.2) is 0 Å². The first-order chi connectivity index (χ1) is 16.0. The number of ether oxygens (including phenoxy) is 2. The number of hydrogen-bond donors (Lipinski definition) is 8. The lowest BCUT2D eigenvalue weighted by Gasteiger charge is -2.34. The summed E-state index contributed by atoms with van der Waals surface area (Å²) in [5.41, 5.74) is 0.497. The highest BCUT2D eigenvalue weighted by molar-refractivity contribution is 5.74. The third-order valence-corrected chi connectivity index (χ3v) is 5.35. The molecule has 0 bridgehead atoms. The molecule has 1 aliphatic rings. The van der Waals surface area contributed by atoms with Gasteiger partial charge in [-0.05, 0) is 29.8 Å². The summed E-state index contributed by atoms with van der Waals surface area (Å²) < 4.78 is 11.4. The van der Waals surface area contributed by atoms with Crippen molar-refractivity contribution in [3.05, 3.63) is 53.1 Å². The molecule has 0 saturated heterocycles. The normalized spacial score (nSPS) is 16.9. The second-order valence-electron chi connectivity index (χ2n) is 7.78. The van der Waals surface area contributed by atoms with Crippen LogP contribution in [0.4, 0.5) is 0 Å². The Morgan fingerprint density at radius 1 is 0.794 bits per heavy atom. The Morgan fingerprint density at radius 3 is 1.94 bits per heavy atom. The number of phenols is 8. The molecule has 0 radical (unpaired) electrons. The zero-order valence-electron chi connectivity index (χ0n) is 17.3. The molecular weight excluding hydrogens is 452 g/mol. The highest BCUT2D eigenvalue weighted by atomic mass is 16.6. The molecule has 11 nitrogen and oxygen atoms in total. The molecule has 34 heavy (non-hydrogen) atoms. The van der Waals surface area contributed by atoms with E-state index in [0.717, 1.165) is 30.3 Å². The van der Waals surface area contributed by atoms with Crippen LogP contribution >= 0.6 is 0 Å². The van der Waals surface area contributed by atoms with Gasteiger partial charge in [0.15, 0.2) is 40.6 Å². The largest absolute Gasteiger partial charge is 0.508 e. The summed E-state index contributed by atoms with van der Waals surface area (Å²) in [6, 6.07) is 6.68. The maximum atomic E-state index is 12.7. The van der Waals surface area contributed by atoms with Gasteiger partial charge in [-0.2, -0.15) is 0 Å². The van der Waals surface area contributed by atoms with E-state index >= 15 is 0 Å². The van der Waals surface area contributed by atoms with Gasteiger partial charge < -0.3 is 50.3 Å². The number of benzene rings is 3. The average molecular weight is 472 g/mol. The third-order valence-electron chi connectivity index (χ3n) is 5.35. The summed E-state index contributed by atoms with van der Waals surface area (Å²) in [4.78, 5) is 12.7. The Morgan fingerprint density at radius 2 is 1.35 bits per heavy atom. The third kappa shape index (κ3) is 4.18. The molecule has 4 rings (SSSR count). The first-order valence-electron chi connectivity index (χ1n) is 9.93.